The highest BCUT2D eigenvalue weighted by Crippen LogP contribution is 2.47. The van der Waals surface area contributed by atoms with Crippen LogP contribution >= 0.6 is 0 Å². The number of piperidine rings is 1. The number of carbonyl (C=O) groups excluding carboxylic acids is 1. The second-order valence-electron chi connectivity index (χ2n) is 8.49. The Morgan fingerprint density at radius 1 is 1.21 bits per heavy atom. The highest BCUT2D eigenvalue weighted by molar-refractivity contribution is 6.23. The Balaban J connectivity index is 1.78. The SMILES string of the molecule is CC(C)(C)CCN1CCC2(C=C(C(=O)CO)c3ccccc32)CC1. The van der Waals surface area contributed by atoms with Crippen molar-refractivity contribution in [2.45, 2.75) is 45.4 Å². The van der Waals surface area contributed by atoms with E-state index in [1.165, 1.54) is 12.0 Å². The second-order valence-corrected chi connectivity index (χ2v) is 8.49. The minimum absolute atomic E-state index is 0.0189. The van der Waals surface area contributed by atoms with Gasteiger partial charge in [-0.25, -0.2) is 0 Å². The van der Waals surface area contributed by atoms with E-state index in [2.05, 4.69) is 43.9 Å². The number of nitrogens with zero attached hydrogens (tertiary/aromatic N) is 1. The number of Topliss-reactive ketones (excluding diaryl/α,β-unsaturated/α-hetero) is 1. The van der Waals surface area contributed by atoms with E-state index in [4.69, 9.17) is 0 Å². The van der Waals surface area contributed by atoms with Crippen molar-refractivity contribution >= 4 is 11.4 Å². The quantitative estimate of drug-likeness (QED) is 0.921. The van der Waals surface area contributed by atoms with Gasteiger partial charge in [-0.1, -0.05) is 51.1 Å². The molecule has 1 heterocycles. The molecule has 24 heavy (non-hydrogen) atoms. The molecule has 3 rings (SSSR count). The smallest absolute Gasteiger partial charge is 0.188 e. The standard InChI is InChI=1S/C21H29NO2/c1-20(2,3)8-11-22-12-9-21(10-13-22)14-17(19(24)15-23)16-6-4-5-7-18(16)21/h4-7,14,23H,8-13,15H2,1-3H3. The summed E-state index contributed by atoms with van der Waals surface area (Å²) < 4.78 is 0. The largest absolute Gasteiger partial charge is 0.388 e. The predicted octanol–water partition coefficient (Wildman–Crippen LogP) is 3.41. The Morgan fingerprint density at radius 2 is 1.88 bits per heavy atom. The van der Waals surface area contributed by atoms with Crippen molar-refractivity contribution in [1.82, 2.24) is 4.90 Å². The van der Waals surface area contributed by atoms with E-state index in [0.717, 1.165) is 43.6 Å². The van der Waals surface area contributed by atoms with Gasteiger partial charge in [0.25, 0.3) is 0 Å². The average molecular weight is 327 g/mol. The number of hydrogen-bond acceptors (Lipinski definition) is 3. The van der Waals surface area contributed by atoms with Crippen LogP contribution in [0.1, 0.15) is 51.2 Å². The number of likely N-dealkylation sites (tertiary alicyclic amines) is 1. The average Bonchev–Trinajstić information content (AvgIpc) is 2.88. The Morgan fingerprint density at radius 3 is 2.50 bits per heavy atom. The molecular weight excluding hydrogens is 298 g/mol. The molecule has 1 aliphatic heterocycles. The number of fused-ring (bicyclic) bond motifs is 2. The summed E-state index contributed by atoms with van der Waals surface area (Å²) in [6.45, 7) is 9.76. The lowest BCUT2D eigenvalue weighted by molar-refractivity contribution is -0.116. The Bertz CT molecular complexity index is 646. The summed E-state index contributed by atoms with van der Waals surface area (Å²) in [5.41, 5.74) is 3.37. The van der Waals surface area contributed by atoms with Gasteiger partial charge in [-0.2, -0.15) is 0 Å². The molecule has 3 heteroatoms. The minimum Gasteiger partial charge on any atom is -0.388 e. The van der Waals surface area contributed by atoms with Gasteiger partial charge in [0.1, 0.15) is 6.61 Å². The number of rotatable bonds is 4. The first-order valence-electron chi connectivity index (χ1n) is 9.04. The van der Waals surface area contributed by atoms with Gasteiger partial charge in [0.05, 0.1) is 0 Å². The monoisotopic (exact) mass is 327 g/mol. The van der Waals surface area contributed by atoms with Crippen LogP contribution in [0.15, 0.2) is 30.3 Å². The second kappa shape index (κ2) is 6.45. The van der Waals surface area contributed by atoms with Crippen molar-refractivity contribution in [1.29, 1.82) is 0 Å². The summed E-state index contributed by atoms with van der Waals surface area (Å²) in [6.07, 6.45) is 5.46. The van der Waals surface area contributed by atoms with Gasteiger partial charge in [0, 0.05) is 11.0 Å². The third kappa shape index (κ3) is 3.33. The van der Waals surface area contributed by atoms with Crippen LogP contribution in [0.4, 0.5) is 0 Å². The van der Waals surface area contributed by atoms with Crippen LogP contribution < -0.4 is 0 Å². The maximum absolute atomic E-state index is 12.2. The van der Waals surface area contributed by atoms with Crippen molar-refractivity contribution in [3.63, 3.8) is 0 Å². The van der Waals surface area contributed by atoms with Crippen LogP contribution in [0.5, 0.6) is 0 Å². The summed E-state index contributed by atoms with van der Waals surface area (Å²) >= 11 is 0. The van der Waals surface area contributed by atoms with Crippen LogP contribution in [0.3, 0.4) is 0 Å². The molecule has 1 fully saturated rings. The molecule has 0 radical (unpaired) electrons. The van der Waals surface area contributed by atoms with E-state index in [1.807, 2.05) is 12.1 Å². The molecule has 1 aromatic carbocycles. The Kier molecular flexibility index (Phi) is 4.67. The number of benzene rings is 1. The fraction of sp³-hybridized carbons (Fsp3) is 0.571. The van der Waals surface area contributed by atoms with Gasteiger partial charge in [-0.05, 0) is 55.4 Å². The van der Waals surface area contributed by atoms with E-state index in [-0.39, 0.29) is 11.2 Å². The number of allylic oxidation sites excluding steroid dienone is 1. The summed E-state index contributed by atoms with van der Waals surface area (Å²) in [5.74, 6) is -0.158. The normalized spacial score (nSPS) is 20.1. The summed E-state index contributed by atoms with van der Waals surface area (Å²) in [6, 6.07) is 8.23. The molecular formula is C21H29NO2. The van der Waals surface area contributed by atoms with Crippen LogP contribution in [-0.2, 0) is 10.2 Å². The first-order chi connectivity index (χ1) is 11.3. The molecule has 0 aromatic heterocycles. The molecule has 1 spiro atoms. The lowest BCUT2D eigenvalue weighted by atomic mass is 9.74. The van der Waals surface area contributed by atoms with Crippen molar-refractivity contribution in [2.75, 3.05) is 26.2 Å². The lowest BCUT2D eigenvalue weighted by Gasteiger charge is -2.40. The minimum atomic E-state index is -0.409. The van der Waals surface area contributed by atoms with Crippen molar-refractivity contribution < 1.29 is 9.90 Å². The number of aliphatic hydroxyl groups excluding tert-OH is 1. The fourth-order valence-corrected chi connectivity index (χ4v) is 3.98. The van der Waals surface area contributed by atoms with E-state index < -0.39 is 6.61 Å². The van der Waals surface area contributed by atoms with Crippen molar-refractivity contribution in [3.05, 3.63) is 41.5 Å². The highest BCUT2D eigenvalue weighted by atomic mass is 16.3. The first-order valence-corrected chi connectivity index (χ1v) is 9.04. The lowest BCUT2D eigenvalue weighted by Crippen LogP contribution is -2.42. The predicted molar refractivity (Wildman–Crippen MR) is 97.9 cm³/mol. The van der Waals surface area contributed by atoms with Gasteiger partial charge in [0.15, 0.2) is 5.78 Å². The highest BCUT2D eigenvalue weighted by Gasteiger charge is 2.41. The zero-order valence-electron chi connectivity index (χ0n) is 15.1. The molecule has 0 saturated carbocycles. The maximum Gasteiger partial charge on any atom is 0.188 e. The van der Waals surface area contributed by atoms with Gasteiger partial charge >= 0.3 is 0 Å². The number of ketones is 1. The van der Waals surface area contributed by atoms with Crippen LogP contribution in [-0.4, -0.2) is 42.0 Å². The van der Waals surface area contributed by atoms with E-state index in [9.17, 15) is 9.90 Å². The summed E-state index contributed by atoms with van der Waals surface area (Å²) in [7, 11) is 0. The van der Waals surface area contributed by atoms with E-state index >= 15 is 0 Å². The molecule has 3 nitrogen and oxygen atoms in total. The molecule has 1 saturated heterocycles. The molecule has 0 bridgehead atoms. The topological polar surface area (TPSA) is 40.5 Å². The van der Waals surface area contributed by atoms with Crippen LogP contribution in [0.25, 0.3) is 5.57 Å². The number of hydrogen-bond donors (Lipinski definition) is 1. The third-order valence-electron chi connectivity index (χ3n) is 5.54. The summed E-state index contributed by atoms with van der Waals surface area (Å²) in [4.78, 5) is 14.7. The van der Waals surface area contributed by atoms with E-state index in [1.54, 1.807) is 0 Å². The Labute approximate surface area is 145 Å². The molecule has 2 aliphatic rings. The molecule has 130 valence electrons. The maximum atomic E-state index is 12.2. The van der Waals surface area contributed by atoms with Gasteiger partial charge in [0.2, 0.25) is 0 Å². The fourth-order valence-electron chi connectivity index (χ4n) is 3.98. The molecule has 0 unspecified atom stereocenters. The molecule has 0 amide bonds. The molecule has 1 aliphatic carbocycles. The number of aliphatic hydroxyl groups is 1. The molecule has 0 atom stereocenters. The van der Waals surface area contributed by atoms with Crippen molar-refractivity contribution in [3.8, 4) is 0 Å². The summed E-state index contributed by atoms with van der Waals surface area (Å²) in [5, 5.41) is 9.30. The third-order valence-corrected chi connectivity index (χ3v) is 5.54. The van der Waals surface area contributed by atoms with Crippen LogP contribution in [0.2, 0.25) is 0 Å². The van der Waals surface area contributed by atoms with Gasteiger partial charge in [-0.15, -0.1) is 0 Å². The van der Waals surface area contributed by atoms with Crippen molar-refractivity contribution in [2.24, 2.45) is 5.41 Å². The molecule has 1 aromatic rings. The number of carbonyl (C=O) groups is 1. The Hall–Kier alpha value is -1.45. The molecule has 1 N–H and O–H groups in total. The van der Waals surface area contributed by atoms with Crippen LogP contribution in [0, 0.1) is 5.41 Å². The first kappa shape index (κ1) is 17.4. The van der Waals surface area contributed by atoms with E-state index in [0.29, 0.717) is 5.41 Å². The van der Waals surface area contributed by atoms with Gasteiger partial charge in [-0.3, -0.25) is 4.79 Å². The zero-order valence-corrected chi connectivity index (χ0v) is 15.1. The van der Waals surface area contributed by atoms with Gasteiger partial charge < -0.3 is 10.0 Å². The zero-order chi connectivity index (χ0) is 17.4.